The van der Waals surface area contributed by atoms with Crippen LogP contribution in [0.4, 0.5) is 0 Å². The van der Waals surface area contributed by atoms with E-state index in [1.165, 1.54) is 0 Å². The summed E-state index contributed by atoms with van der Waals surface area (Å²) in [4.78, 5) is 18.5. The summed E-state index contributed by atoms with van der Waals surface area (Å²) >= 11 is 0. The lowest BCUT2D eigenvalue weighted by Crippen LogP contribution is -2.61. The van der Waals surface area contributed by atoms with Crippen LogP contribution in [0.2, 0.25) is 0 Å². The third-order valence-electron chi connectivity index (χ3n) is 5.75. The second kappa shape index (κ2) is 6.39. The van der Waals surface area contributed by atoms with Gasteiger partial charge in [-0.1, -0.05) is 12.8 Å². The molecule has 1 N–H and O–H groups in total. The maximum absolute atomic E-state index is 12.6. The molecule has 2 fully saturated rings. The monoisotopic (exact) mass is 366 g/mol. The van der Waals surface area contributed by atoms with Crippen molar-refractivity contribution < 1.29 is 13.2 Å². The third-order valence-corrected chi connectivity index (χ3v) is 7.58. The van der Waals surface area contributed by atoms with Gasteiger partial charge in [0, 0.05) is 44.2 Å². The molecule has 3 heterocycles. The van der Waals surface area contributed by atoms with Gasteiger partial charge in [0.2, 0.25) is 15.9 Å². The van der Waals surface area contributed by atoms with E-state index < -0.39 is 15.3 Å². The number of aromatic nitrogens is 2. The van der Waals surface area contributed by atoms with Gasteiger partial charge in [-0.3, -0.25) is 4.79 Å². The second-order valence-electron chi connectivity index (χ2n) is 7.70. The summed E-state index contributed by atoms with van der Waals surface area (Å²) in [5.41, 5.74) is 0.971. The zero-order chi connectivity index (χ0) is 17.6. The molecule has 0 bridgehead atoms. The average Bonchev–Trinajstić information content (AvgIpc) is 3.12. The van der Waals surface area contributed by atoms with Crippen LogP contribution >= 0.6 is 0 Å². The van der Waals surface area contributed by atoms with E-state index in [9.17, 15) is 13.2 Å². The van der Waals surface area contributed by atoms with E-state index in [1.807, 2.05) is 17.7 Å². The summed E-state index contributed by atoms with van der Waals surface area (Å²) < 4.78 is 30.1. The molecule has 1 aliphatic carbocycles. The molecule has 0 spiro atoms. The predicted molar refractivity (Wildman–Crippen MR) is 93.5 cm³/mol. The summed E-state index contributed by atoms with van der Waals surface area (Å²) in [7, 11) is -3.39. The Labute approximate surface area is 148 Å². The quantitative estimate of drug-likeness (QED) is 0.855. The molecule has 1 aromatic rings. The van der Waals surface area contributed by atoms with E-state index in [1.54, 1.807) is 4.90 Å². The Kier molecular flexibility index (Phi) is 4.35. The van der Waals surface area contributed by atoms with E-state index in [2.05, 4.69) is 9.71 Å². The maximum Gasteiger partial charge on any atom is 0.225 e. The maximum atomic E-state index is 12.6. The van der Waals surface area contributed by atoms with Gasteiger partial charge in [-0.15, -0.1) is 0 Å². The lowest BCUT2D eigenvalue weighted by atomic mass is 10.0. The van der Waals surface area contributed by atoms with Crippen molar-refractivity contribution >= 4 is 15.9 Å². The van der Waals surface area contributed by atoms with Crippen LogP contribution in [0.1, 0.15) is 43.6 Å². The van der Waals surface area contributed by atoms with Gasteiger partial charge >= 0.3 is 0 Å². The predicted octanol–water partition coefficient (Wildman–Crippen LogP) is 0.827. The fourth-order valence-electron chi connectivity index (χ4n) is 4.26. The lowest BCUT2D eigenvalue weighted by Gasteiger charge is -2.40. The molecule has 1 saturated heterocycles. The van der Waals surface area contributed by atoms with Gasteiger partial charge in [0.1, 0.15) is 11.1 Å². The summed E-state index contributed by atoms with van der Waals surface area (Å²) in [5.74, 6) is 1.31. The Bertz CT molecular complexity index is 761. The van der Waals surface area contributed by atoms with Gasteiger partial charge in [0.25, 0.3) is 0 Å². The summed E-state index contributed by atoms with van der Waals surface area (Å²) in [6.07, 6.45) is 7.68. The smallest absolute Gasteiger partial charge is 0.225 e. The molecule has 3 aliphatic rings. The van der Waals surface area contributed by atoms with E-state index >= 15 is 0 Å². The Balaban J connectivity index is 1.32. The first-order valence-corrected chi connectivity index (χ1v) is 10.8. The number of hydrogen-bond acceptors (Lipinski definition) is 4. The number of hydrogen-bond donors (Lipinski definition) is 1. The summed E-state index contributed by atoms with van der Waals surface area (Å²) in [6.45, 7) is 3.27. The number of carbonyl (C=O) groups is 1. The Morgan fingerprint density at radius 3 is 2.64 bits per heavy atom. The molecule has 25 heavy (non-hydrogen) atoms. The SMILES string of the molecule is Cc1cn2c(n1)CC[C@H](NS(=O)(=O)C1CN(C(=O)C3CCCC3)C1)C2. The molecule has 1 amide bonds. The van der Waals surface area contributed by atoms with Gasteiger partial charge in [0.15, 0.2) is 0 Å². The highest BCUT2D eigenvalue weighted by Crippen LogP contribution is 2.29. The average molecular weight is 366 g/mol. The first-order chi connectivity index (χ1) is 11.9. The highest BCUT2D eigenvalue weighted by atomic mass is 32.2. The van der Waals surface area contributed by atoms with Crippen molar-refractivity contribution in [3.63, 3.8) is 0 Å². The van der Waals surface area contributed by atoms with Crippen molar-refractivity contribution in [2.45, 2.75) is 63.3 Å². The van der Waals surface area contributed by atoms with Crippen LogP contribution in [0.15, 0.2) is 6.20 Å². The number of likely N-dealkylation sites (tertiary alicyclic amines) is 1. The van der Waals surface area contributed by atoms with Crippen molar-refractivity contribution in [3.8, 4) is 0 Å². The van der Waals surface area contributed by atoms with Gasteiger partial charge < -0.3 is 9.47 Å². The van der Waals surface area contributed by atoms with E-state index in [4.69, 9.17) is 0 Å². The normalized spacial score (nSPS) is 25.0. The number of aryl methyl sites for hydroxylation is 2. The second-order valence-corrected chi connectivity index (χ2v) is 9.69. The molecule has 1 atom stereocenters. The fourth-order valence-corrected chi connectivity index (χ4v) is 5.86. The molecule has 2 aliphatic heterocycles. The van der Waals surface area contributed by atoms with E-state index in [0.717, 1.165) is 50.0 Å². The minimum absolute atomic E-state index is 0.0920. The summed E-state index contributed by atoms with van der Waals surface area (Å²) in [5, 5.41) is -0.469. The van der Waals surface area contributed by atoms with Gasteiger partial charge in [0.05, 0.1) is 5.69 Å². The van der Waals surface area contributed by atoms with Crippen molar-refractivity contribution in [2.24, 2.45) is 5.92 Å². The van der Waals surface area contributed by atoms with Crippen LogP contribution in [-0.4, -0.2) is 53.2 Å². The van der Waals surface area contributed by atoms with Crippen LogP contribution < -0.4 is 4.72 Å². The fraction of sp³-hybridized carbons (Fsp3) is 0.765. The number of rotatable bonds is 4. The van der Waals surface area contributed by atoms with E-state index in [0.29, 0.717) is 19.6 Å². The van der Waals surface area contributed by atoms with Crippen LogP contribution in [-0.2, 0) is 27.8 Å². The van der Waals surface area contributed by atoms with Crippen molar-refractivity contribution in [2.75, 3.05) is 13.1 Å². The van der Waals surface area contributed by atoms with E-state index in [-0.39, 0.29) is 17.9 Å². The molecular weight excluding hydrogens is 340 g/mol. The zero-order valence-corrected chi connectivity index (χ0v) is 15.5. The standard InChI is InChI=1S/C17H26N4O3S/c1-12-8-20-9-14(6-7-16(20)18-12)19-25(23,24)15-10-21(11-15)17(22)13-4-2-3-5-13/h8,13-15,19H,2-7,9-11H2,1H3/t14-/m0/s1. The topological polar surface area (TPSA) is 84.3 Å². The molecule has 0 unspecified atom stereocenters. The molecular formula is C17H26N4O3S. The van der Waals surface area contributed by atoms with Gasteiger partial charge in [-0.2, -0.15) is 0 Å². The van der Waals surface area contributed by atoms with Crippen molar-refractivity contribution in [1.29, 1.82) is 0 Å². The van der Waals surface area contributed by atoms with Crippen LogP contribution in [0.5, 0.6) is 0 Å². The molecule has 1 aromatic heterocycles. The highest BCUT2D eigenvalue weighted by molar-refractivity contribution is 7.90. The molecule has 138 valence electrons. The molecule has 1 saturated carbocycles. The Morgan fingerprint density at radius 2 is 1.92 bits per heavy atom. The Hall–Kier alpha value is -1.41. The number of fused-ring (bicyclic) bond motifs is 1. The third kappa shape index (κ3) is 3.33. The molecule has 4 rings (SSSR count). The highest BCUT2D eigenvalue weighted by Gasteiger charge is 2.42. The van der Waals surface area contributed by atoms with Crippen LogP contribution in [0, 0.1) is 12.8 Å². The first-order valence-electron chi connectivity index (χ1n) is 9.25. The van der Waals surface area contributed by atoms with Crippen LogP contribution in [0.3, 0.4) is 0 Å². The first kappa shape index (κ1) is 17.0. The van der Waals surface area contributed by atoms with Gasteiger partial charge in [-0.05, 0) is 26.2 Å². The number of nitrogens with one attached hydrogen (secondary N) is 1. The minimum Gasteiger partial charge on any atom is -0.340 e. The molecule has 7 nitrogen and oxygen atoms in total. The number of imidazole rings is 1. The largest absolute Gasteiger partial charge is 0.340 e. The molecule has 8 heteroatoms. The molecule has 0 aromatic carbocycles. The lowest BCUT2D eigenvalue weighted by molar-refractivity contribution is -0.138. The summed E-state index contributed by atoms with van der Waals surface area (Å²) in [6, 6.07) is -0.0920. The molecule has 0 radical (unpaired) electrons. The number of amides is 1. The zero-order valence-electron chi connectivity index (χ0n) is 14.6. The van der Waals surface area contributed by atoms with Crippen LogP contribution in [0.25, 0.3) is 0 Å². The van der Waals surface area contributed by atoms with Crippen molar-refractivity contribution in [1.82, 2.24) is 19.2 Å². The minimum atomic E-state index is -3.39. The Morgan fingerprint density at radius 1 is 1.20 bits per heavy atom. The van der Waals surface area contributed by atoms with Crippen molar-refractivity contribution in [3.05, 3.63) is 17.7 Å². The van der Waals surface area contributed by atoms with Gasteiger partial charge in [-0.25, -0.2) is 18.1 Å². The number of nitrogens with zero attached hydrogens (tertiary/aromatic N) is 3. The number of sulfonamides is 1. The number of carbonyl (C=O) groups excluding carboxylic acids is 1.